The summed E-state index contributed by atoms with van der Waals surface area (Å²) in [6, 6.07) is 7.36. The number of aromatic nitrogens is 2. The van der Waals surface area contributed by atoms with E-state index in [2.05, 4.69) is 4.98 Å². The molecule has 2 heterocycles. The zero-order valence-corrected chi connectivity index (χ0v) is 14.0. The van der Waals surface area contributed by atoms with Gasteiger partial charge in [0.1, 0.15) is 22.9 Å². The van der Waals surface area contributed by atoms with Crippen LogP contribution in [-0.4, -0.2) is 28.7 Å². The summed E-state index contributed by atoms with van der Waals surface area (Å²) in [5.41, 5.74) is -0.261. The molecule has 0 atom stereocenters. The van der Waals surface area contributed by atoms with Gasteiger partial charge in [0.25, 0.3) is 5.56 Å². The predicted molar refractivity (Wildman–Crippen MR) is 91.4 cm³/mol. The number of halogens is 1. The van der Waals surface area contributed by atoms with Crippen LogP contribution in [0.5, 0.6) is 5.75 Å². The fraction of sp³-hybridized carbons (Fsp3) is 0.235. The van der Waals surface area contributed by atoms with Crippen LogP contribution in [0.25, 0.3) is 10.2 Å². The molecule has 0 aliphatic rings. The van der Waals surface area contributed by atoms with Crippen molar-refractivity contribution >= 4 is 27.5 Å². The van der Waals surface area contributed by atoms with Crippen molar-refractivity contribution < 1.29 is 18.7 Å². The maximum atomic E-state index is 12.8. The molecule has 2 aromatic heterocycles. The van der Waals surface area contributed by atoms with Crippen LogP contribution in [0.2, 0.25) is 0 Å². The smallest absolute Gasteiger partial charge is 0.326 e. The molecule has 0 radical (unpaired) electrons. The average molecular weight is 362 g/mol. The first-order valence-electron chi connectivity index (χ1n) is 7.60. The second-order valence-corrected chi connectivity index (χ2v) is 6.09. The first kappa shape index (κ1) is 17.1. The standard InChI is InChI=1S/C17H15FN2O4S/c18-12-2-4-13(5-3-12)23-7-1-8-24-15(21)10-20-11-19-16-14(17(20)22)6-9-25-16/h2-6,9,11H,1,7-8,10H2. The lowest BCUT2D eigenvalue weighted by molar-refractivity contribution is -0.144. The molecule has 0 spiro atoms. The van der Waals surface area contributed by atoms with Crippen LogP contribution in [-0.2, 0) is 16.1 Å². The van der Waals surface area contributed by atoms with Crippen molar-refractivity contribution in [1.82, 2.24) is 9.55 Å². The van der Waals surface area contributed by atoms with E-state index in [0.717, 1.165) is 0 Å². The molecule has 0 N–H and O–H groups in total. The van der Waals surface area contributed by atoms with E-state index in [-0.39, 0.29) is 24.5 Å². The van der Waals surface area contributed by atoms with Gasteiger partial charge in [0.05, 0.1) is 24.9 Å². The molecular formula is C17H15FN2O4S. The van der Waals surface area contributed by atoms with Gasteiger partial charge in [0.15, 0.2) is 0 Å². The second kappa shape index (κ2) is 7.89. The monoisotopic (exact) mass is 362 g/mol. The van der Waals surface area contributed by atoms with Crippen molar-refractivity contribution in [2.45, 2.75) is 13.0 Å². The summed E-state index contributed by atoms with van der Waals surface area (Å²) >= 11 is 1.37. The number of fused-ring (bicyclic) bond motifs is 1. The Hall–Kier alpha value is -2.74. The van der Waals surface area contributed by atoms with Gasteiger partial charge in [-0.05, 0) is 35.7 Å². The molecule has 130 valence electrons. The number of hydrogen-bond acceptors (Lipinski definition) is 6. The van der Waals surface area contributed by atoms with Gasteiger partial charge in [-0.1, -0.05) is 0 Å². The summed E-state index contributed by atoms with van der Waals surface area (Å²) in [6.45, 7) is 0.320. The third-order valence-corrected chi connectivity index (χ3v) is 4.20. The Bertz CT molecular complexity index is 920. The first-order chi connectivity index (χ1) is 12.1. The highest BCUT2D eigenvalue weighted by atomic mass is 32.1. The predicted octanol–water partition coefficient (Wildman–Crippen LogP) is 2.61. The van der Waals surface area contributed by atoms with Gasteiger partial charge in [0, 0.05) is 6.42 Å². The average Bonchev–Trinajstić information content (AvgIpc) is 3.08. The molecule has 0 aliphatic carbocycles. The van der Waals surface area contributed by atoms with Crippen molar-refractivity contribution in [2.75, 3.05) is 13.2 Å². The number of carbonyl (C=O) groups excluding carboxylic acids is 1. The molecule has 8 heteroatoms. The van der Waals surface area contributed by atoms with E-state index in [0.29, 0.717) is 29.0 Å². The van der Waals surface area contributed by atoms with Crippen LogP contribution in [0, 0.1) is 5.82 Å². The topological polar surface area (TPSA) is 70.4 Å². The fourth-order valence-electron chi connectivity index (χ4n) is 2.16. The molecule has 25 heavy (non-hydrogen) atoms. The highest BCUT2D eigenvalue weighted by molar-refractivity contribution is 7.16. The van der Waals surface area contributed by atoms with Gasteiger partial charge in [-0.3, -0.25) is 14.2 Å². The van der Waals surface area contributed by atoms with Gasteiger partial charge in [-0.25, -0.2) is 9.37 Å². The molecule has 0 unspecified atom stereocenters. The van der Waals surface area contributed by atoms with Crippen molar-refractivity contribution in [2.24, 2.45) is 0 Å². The van der Waals surface area contributed by atoms with E-state index in [1.807, 2.05) is 0 Å². The quantitative estimate of drug-likeness (QED) is 0.477. The largest absolute Gasteiger partial charge is 0.493 e. The van der Waals surface area contributed by atoms with E-state index >= 15 is 0 Å². The van der Waals surface area contributed by atoms with E-state index < -0.39 is 5.97 Å². The van der Waals surface area contributed by atoms with Crippen LogP contribution in [0.4, 0.5) is 4.39 Å². The first-order valence-corrected chi connectivity index (χ1v) is 8.48. The van der Waals surface area contributed by atoms with Crippen LogP contribution in [0.3, 0.4) is 0 Å². The number of nitrogens with zero attached hydrogens (tertiary/aromatic N) is 2. The van der Waals surface area contributed by atoms with E-state index in [1.54, 1.807) is 11.4 Å². The molecule has 6 nitrogen and oxygen atoms in total. The number of esters is 1. The van der Waals surface area contributed by atoms with Crippen LogP contribution < -0.4 is 10.3 Å². The third kappa shape index (κ3) is 4.42. The van der Waals surface area contributed by atoms with Gasteiger partial charge >= 0.3 is 5.97 Å². The summed E-state index contributed by atoms with van der Waals surface area (Å²) in [5, 5.41) is 2.27. The number of thiophene rings is 1. The lowest BCUT2D eigenvalue weighted by Gasteiger charge is -2.08. The number of benzene rings is 1. The lowest BCUT2D eigenvalue weighted by Crippen LogP contribution is -2.25. The Labute approximate surface area is 146 Å². The number of hydrogen-bond donors (Lipinski definition) is 0. The summed E-state index contributed by atoms with van der Waals surface area (Å²) in [5.74, 6) is -0.290. The Kier molecular flexibility index (Phi) is 5.39. The van der Waals surface area contributed by atoms with Crippen molar-refractivity contribution in [3.63, 3.8) is 0 Å². The van der Waals surface area contributed by atoms with Crippen LogP contribution >= 0.6 is 11.3 Å². The van der Waals surface area contributed by atoms with Crippen LogP contribution in [0.15, 0.2) is 46.8 Å². The summed E-state index contributed by atoms with van der Waals surface area (Å²) in [7, 11) is 0. The molecular weight excluding hydrogens is 347 g/mol. The maximum Gasteiger partial charge on any atom is 0.326 e. The molecule has 0 saturated carbocycles. The van der Waals surface area contributed by atoms with E-state index in [4.69, 9.17) is 9.47 Å². The highest BCUT2D eigenvalue weighted by Crippen LogP contribution is 2.13. The molecule has 3 rings (SSSR count). The number of carbonyl (C=O) groups is 1. The summed E-state index contributed by atoms with van der Waals surface area (Å²) in [6.07, 6.45) is 1.83. The maximum absolute atomic E-state index is 12.8. The van der Waals surface area contributed by atoms with E-state index in [9.17, 15) is 14.0 Å². The molecule has 0 aliphatic heterocycles. The Morgan fingerprint density at radius 1 is 1.20 bits per heavy atom. The molecule has 0 fully saturated rings. The van der Waals surface area contributed by atoms with Crippen molar-refractivity contribution in [3.8, 4) is 5.75 Å². The van der Waals surface area contributed by atoms with E-state index in [1.165, 1.54) is 46.5 Å². The minimum absolute atomic E-state index is 0.170. The van der Waals surface area contributed by atoms with Gasteiger partial charge in [-0.15, -0.1) is 11.3 Å². The molecule has 0 saturated heterocycles. The Morgan fingerprint density at radius 2 is 2.00 bits per heavy atom. The minimum atomic E-state index is -0.514. The Morgan fingerprint density at radius 3 is 2.80 bits per heavy atom. The zero-order chi connectivity index (χ0) is 17.6. The van der Waals surface area contributed by atoms with Gasteiger partial charge in [-0.2, -0.15) is 0 Å². The lowest BCUT2D eigenvalue weighted by atomic mass is 10.3. The molecule has 1 aromatic carbocycles. The molecule has 0 amide bonds. The van der Waals surface area contributed by atoms with Crippen molar-refractivity contribution in [1.29, 1.82) is 0 Å². The second-order valence-electron chi connectivity index (χ2n) is 5.19. The zero-order valence-electron chi connectivity index (χ0n) is 13.2. The normalized spacial score (nSPS) is 10.8. The van der Waals surface area contributed by atoms with Gasteiger partial charge < -0.3 is 9.47 Å². The third-order valence-electron chi connectivity index (χ3n) is 3.38. The molecule has 0 bridgehead atoms. The van der Waals surface area contributed by atoms with Crippen LogP contribution in [0.1, 0.15) is 6.42 Å². The molecule has 3 aromatic rings. The number of rotatable bonds is 7. The van der Waals surface area contributed by atoms with Crippen molar-refractivity contribution in [3.05, 3.63) is 58.2 Å². The SMILES string of the molecule is O=C(Cn1cnc2sccc2c1=O)OCCCOc1ccc(F)cc1. The summed E-state index contributed by atoms with van der Waals surface area (Å²) in [4.78, 5) is 28.8. The fourth-order valence-corrected chi connectivity index (χ4v) is 2.88. The Balaban J connectivity index is 1.42. The van der Waals surface area contributed by atoms with Gasteiger partial charge in [0.2, 0.25) is 0 Å². The number of ether oxygens (including phenoxy) is 2. The highest BCUT2D eigenvalue weighted by Gasteiger charge is 2.09. The summed E-state index contributed by atoms with van der Waals surface area (Å²) < 4.78 is 24.5. The minimum Gasteiger partial charge on any atom is -0.493 e.